The standard InChI is InChI=1S/C16H20Cl2N4O3S3/c1-5-12(14(23)19-15-20-21-16(27-15)26-9(2)3)22(28(4,24)25)13-8-10(17)6-7-11(13)18/h6-9,12H,5H2,1-4H3,(H,19,20,23)/t12-/m0/s1. The summed E-state index contributed by atoms with van der Waals surface area (Å²) < 4.78 is 26.7. The Balaban J connectivity index is 2.34. The van der Waals surface area contributed by atoms with Gasteiger partial charge in [-0.05, 0) is 24.6 Å². The van der Waals surface area contributed by atoms with E-state index in [0.29, 0.717) is 15.4 Å². The summed E-state index contributed by atoms with van der Waals surface area (Å²) >= 11 is 15.0. The van der Waals surface area contributed by atoms with E-state index in [1.54, 1.807) is 13.0 Å². The van der Waals surface area contributed by atoms with Gasteiger partial charge in [0.25, 0.3) is 0 Å². The number of nitrogens with zero attached hydrogens (tertiary/aromatic N) is 3. The first-order valence-corrected chi connectivity index (χ1v) is 12.6. The first-order chi connectivity index (χ1) is 13.0. The van der Waals surface area contributed by atoms with Crippen molar-refractivity contribution in [3.8, 4) is 0 Å². The molecule has 12 heteroatoms. The Morgan fingerprint density at radius 3 is 2.57 bits per heavy atom. The molecular weight excluding hydrogens is 463 g/mol. The van der Waals surface area contributed by atoms with Crippen molar-refractivity contribution in [2.45, 2.75) is 42.8 Å². The molecule has 2 rings (SSSR count). The maximum absolute atomic E-state index is 12.9. The van der Waals surface area contributed by atoms with Gasteiger partial charge in [0.1, 0.15) is 6.04 Å². The third-order valence-electron chi connectivity index (χ3n) is 3.45. The highest BCUT2D eigenvalue weighted by Gasteiger charge is 2.33. The average molecular weight is 483 g/mol. The van der Waals surface area contributed by atoms with Gasteiger partial charge in [-0.25, -0.2) is 8.42 Å². The van der Waals surface area contributed by atoms with Crippen LogP contribution in [-0.4, -0.2) is 42.1 Å². The lowest BCUT2D eigenvalue weighted by Gasteiger charge is -2.30. The van der Waals surface area contributed by atoms with Crippen LogP contribution in [0.3, 0.4) is 0 Å². The minimum atomic E-state index is -3.82. The Labute approximate surface area is 182 Å². The fourth-order valence-electron chi connectivity index (χ4n) is 2.39. The van der Waals surface area contributed by atoms with Gasteiger partial charge in [-0.2, -0.15) is 0 Å². The molecule has 1 amide bonds. The molecule has 0 aliphatic heterocycles. The maximum Gasteiger partial charge on any atom is 0.250 e. The second-order valence-corrected chi connectivity index (χ2v) is 11.6. The first-order valence-electron chi connectivity index (χ1n) is 8.28. The Bertz CT molecular complexity index is 950. The van der Waals surface area contributed by atoms with Crippen molar-refractivity contribution in [3.63, 3.8) is 0 Å². The number of carbonyl (C=O) groups is 1. The average Bonchev–Trinajstić information content (AvgIpc) is 2.99. The molecular formula is C16H20Cl2N4O3S3. The van der Waals surface area contributed by atoms with Gasteiger partial charge < -0.3 is 0 Å². The van der Waals surface area contributed by atoms with Crippen LogP contribution in [0.2, 0.25) is 10.0 Å². The molecule has 0 aliphatic carbocycles. The van der Waals surface area contributed by atoms with Crippen LogP contribution in [0, 0.1) is 0 Å². The summed E-state index contributed by atoms with van der Waals surface area (Å²) in [6, 6.07) is 3.42. The van der Waals surface area contributed by atoms with Crippen LogP contribution in [0.25, 0.3) is 0 Å². The lowest BCUT2D eigenvalue weighted by Crippen LogP contribution is -2.47. The number of halogens is 2. The molecule has 1 aromatic heterocycles. The Morgan fingerprint density at radius 2 is 2.00 bits per heavy atom. The van der Waals surface area contributed by atoms with Crippen molar-refractivity contribution in [2.24, 2.45) is 0 Å². The zero-order chi connectivity index (χ0) is 21.1. The number of sulfonamides is 1. The highest BCUT2D eigenvalue weighted by Crippen LogP contribution is 2.34. The number of amides is 1. The third-order valence-corrected chi connectivity index (χ3v) is 7.10. The third kappa shape index (κ3) is 5.96. The van der Waals surface area contributed by atoms with Crippen molar-refractivity contribution in [1.82, 2.24) is 10.2 Å². The molecule has 1 heterocycles. The van der Waals surface area contributed by atoms with Gasteiger partial charge in [-0.1, -0.05) is 67.1 Å². The van der Waals surface area contributed by atoms with Crippen LogP contribution in [0.15, 0.2) is 22.5 Å². The first kappa shape index (κ1) is 23.2. The van der Waals surface area contributed by atoms with Crippen molar-refractivity contribution in [1.29, 1.82) is 0 Å². The van der Waals surface area contributed by atoms with E-state index in [4.69, 9.17) is 23.2 Å². The molecule has 0 radical (unpaired) electrons. The highest BCUT2D eigenvalue weighted by atomic mass is 35.5. The van der Waals surface area contributed by atoms with Gasteiger partial charge in [0.15, 0.2) is 4.34 Å². The molecule has 154 valence electrons. The van der Waals surface area contributed by atoms with E-state index < -0.39 is 22.0 Å². The summed E-state index contributed by atoms with van der Waals surface area (Å²) in [4.78, 5) is 12.9. The van der Waals surface area contributed by atoms with E-state index in [0.717, 1.165) is 14.9 Å². The second-order valence-electron chi connectivity index (χ2n) is 6.11. The molecule has 1 atom stereocenters. The van der Waals surface area contributed by atoms with E-state index in [-0.39, 0.29) is 17.1 Å². The molecule has 0 fully saturated rings. The van der Waals surface area contributed by atoms with E-state index >= 15 is 0 Å². The molecule has 2 aromatic rings. The number of carbonyl (C=O) groups excluding carboxylic acids is 1. The predicted molar refractivity (Wildman–Crippen MR) is 117 cm³/mol. The molecule has 0 saturated carbocycles. The molecule has 0 saturated heterocycles. The zero-order valence-electron chi connectivity index (χ0n) is 15.6. The predicted octanol–water partition coefficient (Wildman–Crippen LogP) is 4.53. The molecule has 0 spiro atoms. The van der Waals surface area contributed by atoms with E-state index in [1.165, 1.54) is 35.2 Å². The Kier molecular flexibility index (Phi) is 7.97. The molecule has 7 nitrogen and oxygen atoms in total. The fourth-order valence-corrected chi connectivity index (χ4v) is 6.01. The quantitative estimate of drug-likeness (QED) is 0.438. The lowest BCUT2D eigenvalue weighted by atomic mass is 10.2. The van der Waals surface area contributed by atoms with Crippen LogP contribution in [0.1, 0.15) is 27.2 Å². The number of nitrogens with one attached hydrogen (secondary N) is 1. The number of benzene rings is 1. The van der Waals surface area contributed by atoms with Gasteiger partial charge in [0.2, 0.25) is 21.1 Å². The van der Waals surface area contributed by atoms with Crippen molar-refractivity contribution in [2.75, 3.05) is 15.9 Å². The molecule has 1 N–H and O–H groups in total. The van der Waals surface area contributed by atoms with Crippen LogP contribution in [0.4, 0.5) is 10.8 Å². The largest absolute Gasteiger partial charge is 0.299 e. The van der Waals surface area contributed by atoms with Gasteiger partial charge in [0.05, 0.1) is 17.0 Å². The minimum Gasteiger partial charge on any atom is -0.299 e. The fraction of sp³-hybridized carbons (Fsp3) is 0.438. The summed E-state index contributed by atoms with van der Waals surface area (Å²) in [6.45, 7) is 5.76. The summed E-state index contributed by atoms with van der Waals surface area (Å²) in [5, 5.41) is 11.7. The van der Waals surface area contributed by atoms with Crippen LogP contribution < -0.4 is 9.62 Å². The summed E-state index contributed by atoms with van der Waals surface area (Å²) in [7, 11) is -3.82. The summed E-state index contributed by atoms with van der Waals surface area (Å²) in [5.41, 5.74) is 0.145. The molecule has 0 unspecified atom stereocenters. The summed E-state index contributed by atoms with van der Waals surface area (Å²) in [5.74, 6) is -0.527. The minimum absolute atomic E-state index is 0.145. The number of rotatable bonds is 8. The normalized spacial score (nSPS) is 12.8. The van der Waals surface area contributed by atoms with Gasteiger partial charge in [0, 0.05) is 10.3 Å². The number of aromatic nitrogens is 2. The SMILES string of the molecule is CC[C@@H](C(=O)Nc1nnc(SC(C)C)s1)N(c1cc(Cl)ccc1Cl)S(C)(=O)=O. The van der Waals surface area contributed by atoms with E-state index in [9.17, 15) is 13.2 Å². The Hall–Kier alpha value is -1.07. The van der Waals surface area contributed by atoms with Gasteiger partial charge in [-0.15, -0.1) is 10.2 Å². The number of anilines is 2. The van der Waals surface area contributed by atoms with Gasteiger partial charge in [-0.3, -0.25) is 14.4 Å². The van der Waals surface area contributed by atoms with Crippen molar-refractivity contribution >= 4 is 73.0 Å². The Morgan fingerprint density at radius 1 is 1.32 bits per heavy atom. The molecule has 1 aromatic carbocycles. The van der Waals surface area contributed by atoms with Crippen molar-refractivity contribution < 1.29 is 13.2 Å². The topological polar surface area (TPSA) is 92.3 Å². The van der Waals surface area contributed by atoms with Gasteiger partial charge >= 0.3 is 0 Å². The van der Waals surface area contributed by atoms with E-state index in [2.05, 4.69) is 15.5 Å². The van der Waals surface area contributed by atoms with Crippen LogP contribution in [-0.2, 0) is 14.8 Å². The smallest absolute Gasteiger partial charge is 0.250 e. The number of thioether (sulfide) groups is 1. The maximum atomic E-state index is 12.9. The van der Waals surface area contributed by atoms with E-state index in [1.807, 2.05) is 13.8 Å². The second kappa shape index (κ2) is 9.62. The molecule has 28 heavy (non-hydrogen) atoms. The monoisotopic (exact) mass is 482 g/mol. The zero-order valence-corrected chi connectivity index (χ0v) is 19.6. The number of hydrogen-bond donors (Lipinski definition) is 1. The highest BCUT2D eigenvalue weighted by molar-refractivity contribution is 8.01. The lowest BCUT2D eigenvalue weighted by molar-refractivity contribution is -0.117. The van der Waals surface area contributed by atoms with Crippen LogP contribution >= 0.6 is 46.3 Å². The van der Waals surface area contributed by atoms with Crippen molar-refractivity contribution in [3.05, 3.63) is 28.2 Å². The molecule has 0 bridgehead atoms. The number of hydrogen-bond acceptors (Lipinski definition) is 7. The summed E-state index contributed by atoms with van der Waals surface area (Å²) in [6.07, 6.45) is 1.23. The molecule has 0 aliphatic rings. The van der Waals surface area contributed by atoms with Crippen LogP contribution in [0.5, 0.6) is 0 Å².